The molecule has 0 fully saturated rings. The van der Waals surface area contributed by atoms with Crippen LogP contribution in [0.1, 0.15) is 28.9 Å². The molecule has 28 heavy (non-hydrogen) atoms. The summed E-state index contributed by atoms with van der Waals surface area (Å²) in [6.45, 7) is 2.13. The van der Waals surface area contributed by atoms with Crippen LogP contribution >= 0.6 is 0 Å². The van der Waals surface area contributed by atoms with Crippen molar-refractivity contribution in [2.45, 2.75) is 13.0 Å². The molecule has 0 spiro atoms. The zero-order valence-corrected chi connectivity index (χ0v) is 16.0. The van der Waals surface area contributed by atoms with Gasteiger partial charge < -0.3 is 29.9 Å². The number of amides is 2. The molecule has 0 radical (unpaired) electrons. The van der Waals surface area contributed by atoms with Crippen molar-refractivity contribution >= 4 is 17.7 Å². The summed E-state index contributed by atoms with van der Waals surface area (Å²) in [4.78, 5) is 25.8. The Morgan fingerprint density at radius 1 is 1.18 bits per heavy atom. The van der Waals surface area contributed by atoms with Gasteiger partial charge in [0.2, 0.25) is 0 Å². The van der Waals surface area contributed by atoms with Crippen LogP contribution in [-0.2, 0) is 4.74 Å². The Morgan fingerprint density at radius 2 is 1.93 bits per heavy atom. The molecule has 0 saturated carbocycles. The average molecular weight is 388 g/mol. The molecular weight excluding hydrogens is 364 g/mol. The van der Waals surface area contributed by atoms with Crippen LogP contribution in [0.5, 0.6) is 11.5 Å². The van der Waals surface area contributed by atoms with Gasteiger partial charge in [0, 0.05) is 6.54 Å². The molecule has 1 atom stereocenters. The lowest BCUT2D eigenvalue weighted by Crippen LogP contribution is -2.38. The smallest absolute Gasteiger partial charge is 0.337 e. The lowest BCUT2D eigenvalue weighted by Gasteiger charge is -2.25. The first kappa shape index (κ1) is 21.0. The number of phenols is 1. The highest BCUT2D eigenvalue weighted by Gasteiger charge is 2.20. The van der Waals surface area contributed by atoms with Crippen molar-refractivity contribution in [1.29, 1.82) is 0 Å². The highest BCUT2D eigenvalue weighted by atomic mass is 16.5. The number of ether oxygens (including phenoxy) is 2. The predicted octanol–water partition coefficient (Wildman–Crippen LogP) is 2.77. The van der Waals surface area contributed by atoms with Crippen LogP contribution in [0.15, 0.2) is 42.5 Å². The summed E-state index contributed by atoms with van der Waals surface area (Å²) in [6.07, 6.45) is -0.971. The van der Waals surface area contributed by atoms with Crippen LogP contribution < -0.4 is 10.1 Å². The number of esters is 1. The number of phenolic OH excluding ortho intramolecular Hbond substituents is 1. The zero-order valence-electron chi connectivity index (χ0n) is 16.0. The normalized spacial score (nSPS) is 11.4. The number of aliphatic hydroxyl groups is 1. The van der Waals surface area contributed by atoms with Gasteiger partial charge in [-0.1, -0.05) is 12.1 Å². The zero-order chi connectivity index (χ0) is 20.7. The van der Waals surface area contributed by atoms with Crippen molar-refractivity contribution in [3.63, 3.8) is 0 Å². The fourth-order valence-electron chi connectivity index (χ4n) is 2.65. The molecule has 150 valence electrons. The first-order valence-electron chi connectivity index (χ1n) is 8.68. The topological polar surface area (TPSA) is 108 Å². The number of hydrogen-bond donors (Lipinski definition) is 3. The van der Waals surface area contributed by atoms with E-state index in [1.54, 1.807) is 25.1 Å². The lowest BCUT2D eigenvalue weighted by molar-refractivity contribution is 0.0600. The number of methoxy groups -OCH3 is 2. The van der Waals surface area contributed by atoms with Crippen molar-refractivity contribution in [2.75, 3.05) is 32.6 Å². The van der Waals surface area contributed by atoms with Crippen molar-refractivity contribution in [3.05, 3.63) is 53.6 Å². The molecule has 0 bridgehead atoms. The molecule has 0 saturated heterocycles. The van der Waals surface area contributed by atoms with E-state index in [0.717, 1.165) is 0 Å². The Bertz CT molecular complexity index is 839. The van der Waals surface area contributed by atoms with Crippen LogP contribution in [0, 0.1) is 0 Å². The summed E-state index contributed by atoms with van der Waals surface area (Å²) >= 11 is 0. The van der Waals surface area contributed by atoms with E-state index in [0.29, 0.717) is 23.5 Å². The molecule has 0 aromatic heterocycles. The van der Waals surface area contributed by atoms with Gasteiger partial charge in [-0.15, -0.1) is 0 Å². The predicted molar refractivity (Wildman–Crippen MR) is 104 cm³/mol. The van der Waals surface area contributed by atoms with E-state index in [4.69, 9.17) is 9.47 Å². The number of aliphatic hydroxyl groups excluding tert-OH is 1. The average Bonchev–Trinajstić information content (AvgIpc) is 2.70. The van der Waals surface area contributed by atoms with Gasteiger partial charge in [-0.2, -0.15) is 0 Å². The second kappa shape index (κ2) is 9.61. The summed E-state index contributed by atoms with van der Waals surface area (Å²) in [5.74, 6) is -0.121. The molecule has 2 aromatic carbocycles. The quantitative estimate of drug-likeness (QED) is 0.630. The standard InChI is InChI=1S/C20H24N2O6/c1-4-22(12-17(24)13-6-5-7-15(23)10-13)20(26)21-16-11-14(19(25)28-3)8-9-18(16)27-2/h5-11,17,23-24H,4,12H2,1-3H3,(H,21,26). The molecule has 3 N–H and O–H groups in total. The van der Waals surface area contributed by atoms with E-state index < -0.39 is 18.1 Å². The monoisotopic (exact) mass is 388 g/mol. The van der Waals surface area contributed by atoms with Gasteiger partial charge in [0.25, 0.3) is 0 Å². The Morgan fingerprint density at radius 3 is 2.54 bits per heavy atom. The fraction of sp³-hybridized carbons (Fsp3) is 0.300. The number of nitrogens with one attached hydrogen (secondary N) is 1. The van der Waals surface area contributed by atoms with Gasteiger partial charge in [0.1, 0.15) is 11.5 Å². The molecule has 2 amide bonds. The Labute approximate surface area is 163 Å². The van der Waals surface area contributed by atoms with Crippen LogP contribution in [0.2, 0.25) is 0 Å². The second-order valence-corrected chi connectivity index (χ2v) is 5.99. The maximum atomic E-state index is 12.7. The number of nitrogens with zero attached hydrogens (tertiary/aromatic N) is 1. The molecule has 8 heteroatoms. The van der Waals surface area contributed by atoms with Crippen molar-refractivity contribution in [3.8, 4) is 11.5 Å². The fourth-order valence-corrected chi connectivity index (χ4v) is 2.65. The van der Waals surface area contributed by atoms with E-state index in [-0.39, 0.29) is 17.9 Å². The lowest BCUT2D eigenvalue weighted by atomic mass is 10.1. The molecular formula is C20H24N2O6. The molecule has 2 aromatic rings. The molecule has 2 rings (SSSR count). The summed E-state index contributed by atoms with van der Waals surface area (Å²) in [5, 5.41) is 22.6. The summed E-state index contributed by atoms with van der Waals surface area (Å²) < 4.78 is 9.92. The third kappa shape index (κ3) is 5.14. The van der Waals surface area contributed by atoms with Gasteiger partial charge in [-0.3, -0.25) is 0 Å². The first-order valence-corrected chi connectivity index (χ1v) is 8.68. The summed E-state index contributed by atoms with van der Waals surface area (Å²) in [7, 11) is 2.72. The van der Waals surface area contributed by atoms with Gasteiger partial charge in [-0.05, 0) is 42.8 Å². The number of urea groups is 1. The Hall–Kier alpha value is -3.26. The molecule has 0 aliphatic rings. The van der Waals surface area contributed by atoms with Crippen LogP contribution in [0.3, 0.4) is 0 Å². The number of rotatable bonds is 7. The second-order valence-electron chi connectivity index (χ2n) is 5.99. The molecule has 1 unspecified atom stereocenters. The SMILES string of the molecule is CCN(CC(O)c1cccc(O)c1)C(=O)Nc1cc(C(=O)OC)ccc1OC. The molecule has 0 heterocycles. The number of likely N-dealkylation sites (N-methyl/N-ethyl adjacent to an activating group) is 1. The molecule has 0 aliphatic heterocycles. The minimum Gasteiger partial charge on any atom is -0.508 e. The third-order valence-corrected chi connectivity index (χ3v) is 4.18. The van der Waals surface area contributed by atoms with Gasteiger partial charge in [-0.25, -0.2) is 9.59 Å². The van der Waals surface area contributed by atoms with E-state index in [1.165, 1.54) is 43.4 Å². The number of anilines is 1. The largest absolute Gasteiger partial charge is 0.508 e. The van der Waals surface area contributed by atoms with Crippen LogP contribution in [0.4, 0.5) is 10.5 Å². The van der Waals surface area contributed by atoms with Crippen molar-refractivity contribution < 1.29 is 29.3 Å². The van der Waals surface area contributed by atoms with E-state index in [9.17, 15) is 19.8 Å². The van der Waals surface area contributed by atoms with Crippen molar-refractivity contribution in [2.24, 2.45) is 0 Å². The minimum absolute atomic E-state index is 0.0186. The minimum atomic E-state index is -0.971. The first-order chi connectivity index (χ1) is 13.4. The van der Waals surface area contributed by atoms with Crippen LogP contribution in [-0.4, -0.2) is 54.4 Å². The number of hydrogen-bond acceptors (Lipinski definition) is 6. The van der Waals surface area contributed by atoms with Crippen LogP contribution in [0.25, 0.3) is 0 Å². The summed E-state index contributed by atoms with van der Waals surface area (Å²) in [5.41, 5.74) is 1.07. The maximum Gasteiger partial charge on any atom is 0.337 e. The Kier molecular flexibility index (Phi) is 7.22. The number of carbonyl (C=O) groups is 2. The third-order valence-electron chi connectivity index (χ3n) is 4.18. The number of carbonyl (C=O) groups excluding carboxylic acids is 2. The Balaban J connectivity index is 2.16. The number of aromatic hydroxyl groups is 1. The molecule has 0 aliphatic carbocycles. The van der Waals surface area contributed by atoms with Gasteiger partial charge in [0.15, 0.2) is 0 Å². The maximum absolute atomic E-state index is 12.7. The highest BCUT2D eigenvalue weighted by molar-refractivity contribution is 5.95. The molecule has 8 nitrogen and oxygen atoms in total. The summed E-state index contributed by atoms with van der Waals surface area (Å²) in [6, 6.07) is 10.3. The van der Waals surface area contributed by atoms with Gasteiger partial charge in [0.05, 0.1) is 38.1 Å². The van der Waals surface area contributed by atoms with E-state index in [1.807, 2.05) is 0 Å². The van der Waals surface area contributed by atoms with E-state index in [2.05, 4.69) is 5.32 Å². The van der Waals surface area contributed by atoms with Gasteiger partial charge >= 0.3 is 12.0 Å². The van der Waals surface area contributed by atoms with E-state index >= 15 is 0 Å². The van der Waals surface area contributed by atoms with Crippen molar-refractivity contribution in [1.82, 2.24) is 4.90 Å². The highest BCUT2D eigenvalue weighted by Crippen LogP contribution is 2.26. The number of benzene rings is 2.